The number of carbonyl (C=O) groups is 2. The van der Waals surface area contributed by atoms with Gasteiger partial charge in [-0.15, -0.1) is 0 Å². The van der Waals surface area contributed by atoms with Gasteiger partial charge in [0.25, 0.3) is 80.9 Å². The van der Waals surface area contributed by atoms with Crippen molar-refractivity contribution in [3.8, 4) is 12.1 Å². The largest absolute Gasteiger partial charge is 0.469 e. The van der Waals surface area contributed by atoms with Gasteiger partial charge in [-0.3, -0.25) is 43.1 Å². The van der Waals surface area contributed by atoms with Gasteiger partial charge < -0.3 is 47.4 Å². The Labute approximate surface area is 674 Å². The normalized spacial score (nSPS) is 55.8. The van der Waals surface area contributed by atoms with E-state index < -0.39 is 261 Å². The lowest BCUT2D eigenvalue weighted by molar-refractivity contribution is -0.189. The lowest BCUT2D eigenvalue weighted by atomic mass is 9.80. The highest BCUT2D eigenvalue weighted by atomic mass is 32.3. The number of nitrogens with zero attached hydrogens (tertiary/aromatic N) is 2. The highest BCUT2D eigenvalue weighted by Gasteiger charge is 2.85. The zero-order valence-corrected chi connectivity index (χ0v) is 70.6. The topological polar surface area (TPSA) is 521 Å². The Balaban J connectivity index is 0.0000000967. The summed E-state index contributed by atoms with van der Waals surface area (Å²) in [5, 5.41) is 14.3. The average molecular weight is 1850 g/mol. The molecule has 0 aromatic rings. The highest BCUT2D eigenvalue weighted by molar-refractivity contribution is 7.90. The van der Waals surface area contributed by atoms with Gasteiger partial charge in [0.2, 0.25) is 14.2 Å². The number of nitriles is 2. The fraction of sp³-hybridized carbons (Fsp3) is 0.939. The number of carbonyl (C=O) groups excluding carboxylic acids is 2. The fourth-order valence-corrected chi connectivity index (χ4v) is 37.9. The number of ether oxygens (including phenoxy) is 10. The highest BCUT2D eigenvalue weighted by Crippen LogP contribution is 2.65. The van der Waals surface area contributed by atoms with Crippen LogP contribution in [0.15, 0.2) is 0 Å². The van der Waals surface area contributed by atoms with Crippen LogP contribution in [0.25, 0.3) is 0 Å². The van der Waals surface area contributed by atoms with Crippen molar-refractivity contribution in [2.24, 2.45) is 71.0 Å². The minimum atomic E-state index is -4.85. The van der Waals surface area contributed by atoms with Crippen LogP contribution in [-0.4, -0.2) is 292 Å². The van der Waals surface area contributed by atoms with E-state index in [0.717, 1.165) is 0 Å². The Hall–Kier alpha value is -3.54. The third kappa shape index (κ3) is 11.4. The van der Waals surface area contributed by atoms with Crippen LogP contribution in [0.5, 0.6) is 0 Å². The van der Waals surface area contributed by atoms with Crippen LogP contribution in [0.2, 0.25) is 0 Å². The van der Waals surface area contributed by atoms with Gasteiger partial charge in [0.05, 0.1) is 81.1 Å². The molecule has 24 rings (SSSR count). The average Bonchev–Trinajstić information content (AvgIpc) is 1.50. The lowest BCUT2D eigenvalue weighted by Gasteiger charge is -2.29. The number of rotatable bonds is 2. The molecule has 24 fully saturated rings. The zero-order chi connectivity index (χ0) is 86.2. The van der Waals surface area contributed by atoms with E-state index in [9.17, 15) is 103 Å². The van der Waals surface area contributed by atoms with Crippen molar-refractivity contribution in [1.82, 2.24) is 0 Å². The summed E-state index contributed by atoms with van der Waals surface area (Å²) in [4.78, 5) is 23.3. The van der Waals surface area contributed by atoms with E-state index in [2.05, 4.69) is 13.7 Å². The molecule has 16 bridgehead atoms. The molecule has 0 N–H and O–H groups in total. The van der Waals surface area contributed by atoms with Gasteiger partial charge in [0.15, 0.2) is 0 Å². The molecule has 0 spiro atoms. The van der Waals surface area contributed by atoms with Gasteiger partial charge in [-0.2, -0.15) is 104 Å². The predicted octanol–water partition coefficient (Wildman–Crippen LogP) is 0.0692. The summed E-state index contributed by atoms with van der Waals surface area (Å²) in [5.74, 6) is -4.90. The predicted molar refractivity (Wildman–Crippen MR) is 370 cm³/mol. The minimum Gasteiger partial charge on any atom is -0.469 e. The van der Waals surface area contributed by atoms with Crippen LogP contribution in [0.4, 0.5) is 26.3 Å². The van der Waals surface area contributed by atoms with E-state index in [1.54, 1.807) is 13.8 Å². The van der Waals surface area contributed by atoms with E-state index in [1.807, 2.05) is 60.6 Å². The van der Waals surface area contributed by atoms with Crippen molar-refractivity contribution >= 4 is 92.9 Å². The maximum absolute atomic E-state index is 13.0. The molecule has 24 aliphatic rings. The van der Waals surface area contributed by atoms with Crippen molar-refractivity contribution in [2.45, 2.75) is 294 Å². The second-order valence-electron chi connectivity index (χ2n) is 35.2. The first-order chi connectivity index (χ1) is 54.4. The molecule has 118 heavy (non-hydrogen) atoms. The summed E-state index contributed by atoms with van der Waals surface area (Å²) in [6.45, 7) is 18.3. The molecule has 44 atom stereocenters. The first kappa shape index (κ1) is 86.6. The first-order valence-electron chi connectivity index (χ1n) is 38.1. The summed E-state index contributed by atoms with van der Waals surface area (Å²) in [7, 11) is -28.0. The Bertz CT molecular complexity index is 5300. The number of fused-ring (bicyclic) bond motifs is 8. The van der Waals surface area contributed by atoms with Crippen LogP contribution in [-0.2, 0) is 171 Å². The monoisotopic (exact) mass is 1850 g/mol. The van der Waals surface area contributed by atoms with Gasteiger partial charge in [-0.25, -0.2) is 0 Å². The van der Waals surface area contributed by atoms with Crippen molar-refractivity contribution < 1.29 is 184 Å². The fourth-order valence-electron chi connectivity index (χ4n) is 23.2. The lowest BCUT2D eigenvalue weighted by Crippen LogP contribution is -2.56. The van der Waals surface area contributed by atoms with Crippen molar-refractivity contribution in [3.05, 3.63) is 0 Å². The minimum absolute atomic E-state index is 0.0000520. The van der Waals surface area contributed by atoms with Gasteiger partial charge in [0, 0.05) is 72.5 Å². The van der Waals surface area contributed by atoms with Crippen molar-refractivity contribution in [2.75, 3.05) is 14.2 Å². The number of halogens is 6. The van der Waals surface area contributed by atoms with Crippen LogP contribution in [0.1, 0.15) is 94.9 Å². The molecule has 44 unspecified atom stereocenters. The standard InChI is InChI=1S/2C9H12O6S.2C8H9F3O4S.2C8H9NO4S.2C8H12O4S/c1-4-5-3-9(8(10)13-2)7(14-5)6(4)15-16(9,11)12;1-3-5-4(9(10)13-2)8-7(14-5)6(3)15-16(8,11)12;1-3-4-2-7(8(9,10)11)6(14-4)5(3)15-16(7,12)13;1-2-4-3(8(9,10)11)7-6(14-4)5(2)15-16(7,12)13;1-4-5-2-8(3-9)7(12-5)6(4)13-14(8,10)11;1-3-5-4(2-9)8-7(12-5)6(3)13-14(8,10)11;1-4-5-3-8(2)7(11-5)6(4)12-13(8,9)10;1-3-5-4(2)8-7(11-5)6(3)12-13(8,9)10/h4-7H,3H2,1-2H3;3-8H,1-2H3;3-6H,2H2,1H3;2-7H,1H3;4-7H,2H2,1H3;3-8H,1H3;4-7H,3H2,1-2H3;3-8H,1-2H3. The van der Waals surface area contributed by atoms with E-state index in [4.69, 9.17) is 77.7 Å². The van der Waals surface area contributed by atoms with Crippen LogP contribution in [0.3, 0.4) is 0 Å². The Morgan fingerprint density at radius 3 is 1.27 bits per heavy atom. The summed E-state index contributed by atoms with van der Waals surface area (Å²) in [6, 6.07) is 3.90. The van der Waals surface area contributed by atoms with Gasteiger partial charge in [0.1, 0.15) is 135 Å². The van der Waals surface area contributed by atoms with Crippen LogP contribution >= 0.6 is 0 Å². The Morgan fingerprint density at radius 2 is 0.771 bits per heavy atom. The third-order valence-corrected chi connectivity index (χ3v) is 44.3. The molecule has 0 aromatic heterocycles. The maximum Gasteiger partial charge on any atom is 0.413 e. The van der Waals surface area contributed by atoms with Gasteiger partial charge in [-0.1, -0.05) is 62.3 Å². The summed E-state index contributed by atoms with van der Waals surface area (Å²) in [6.07, 6.45) is -20.5. The molecule has 24 heterocycles. The summed E-state index contributed by atoms with van der Waals surface area (Å²) in [5.41, 5.74) is 0. The zero-order valence-electron chi connectivity index (χ0n) is 64.0. The third-order valence-electron chi connectivity index (χ3n) is 29.5. The molecule has 0 saturated carbocycles. The number of methoxy groups -OCH3 is 2. The SMILES string of the molecule is CC1C2CC3(C#N)C(O2)C1OS3(=O)=O.CC1C2CC3(C(F)(F)F)C(O2)C1OS3(=O)=O.CC1C2CC3(C)C(O2)C1OS3(=O)=O.CC1C2OC3C1OS(=O)(=O)C3C2C.CC1C2OC3C1OS(=O)(=O)C3C2C#N.CC1C2OS(=O)(=O)C3C2OC1C3C(F)(F)F.COC(=O)C12CC3OC1C(OS2(=O)=O)C3C.COC(=O)C1C2OC3C(OS(=O)(=O)C31)C2C. The van der Waals surface area contributed by atoms with Crippen LogP contribution < -0.4 is 0 Å². The van der Waals surface area contributed by atoms with Gasteiger partial charge in [-0.05, 0) is 13.3 Å². The molecule has 0 aromatic carbocycles. The number of alkyl halides is 6. The summed E-state index contributed by atoms with van der Waals surface area (Å²) >= 11 is 0. The summed E-state index contributed by atoms with van der Waals surface area (Å²) < 4.78 is 349. The van der Waals surface area contributed by atoms with Gasteiger partial charge >= 0.3 is 24.3 Å². The second kappa shape index (κ2) is 27.0. The molecule has 0 aliphatic carbocycles. The molecule has 24 aliphatic heterocycles. The molecule has 38 nitrogen and oxygen atoms in total. The molecule has 52 heteroatoms. The molecule has 664 valence electrons. The quantitative estimate of drug-likeness (QED) is 0.200. The number of hydrogen-bond acceptors (Lipinski definition) is 38. The van der Waals surface area contributed by atoms with Crippen LogP contribution in [0, 0.1) is 93.7 Å². The number of hydrogen-bond donors (Lipinski definition) is 0. The van der Waals surface area contributed by atoms with E-state index in [0.29, 0.717) is 6.42 Å². The first-order valence-corrected chi connectivity index (χ1v) is 49.7. The second-order valence-corrected chi connectivity index (χ2v) is 49.6. The molecular weight excluding hydrogens is 1770 g/mol. The smallest absolute Gasteiger partial charge is 0.413 e. The molecule has 24 saturated heterocycles. The molecular formula is C66H84F6N2O36S8. The number of esters is 2. The molecule has 0 amide bonds. The maximum atomic E-state index is 13.0. The molecule has 0 radical (unpaired) electrons. The van der Waals surface area contributed by atoms with Crippen molar-refractivity contribution in [3.63, 3.8) is 0 Å². The Kier molecular flexibility index (Phi) is 19.8. The Morgan fingerprint density at radius 1 is 0.373 bits per heavy atom. The van der Waals surface area contributed by atoms with E-state index in [1.165, 1.54) is 21.1 Å². The van der Waals surface area contributed by atoms with Crippen molar-refractivity contribution in [1.29, 1.82) is 10.5 Å². The van der Waals surface area contributed by atoms with E-state index in [-0.39, 0.29) is 121 Å². The van der Waals surface area contributed by atoms with E-state index >= 15 is 0 Å².